The van der Waals surface area contributed by atoms with Crippen molar-refractivity contribution in [3.8, 4) is 17.0 Å². The van der Waals surface area contributed by atoms with E-state index in [4.69, 9.17) is 9.26 Å². The zero-order valence-corrected chi connectivity index (χ0v) is 15.4. The van der Waals surface area contributed by atoms with Crippen molar-refractivity contribution in [2.45, 2.75) is 20.4 Å². The highest BCUT2D eigenvalue weighted by Gasteiger charge is 2.19. The second kappa shape index (κ2) is 6.72. The molecule has 136 valence electrons. The molecule has 4 aromatic rings. The van der Waals surface area contributed by atoms with Crippen molar-refractivity contribution in [3.05, 3.63) is 75.8 Å². The highest BCUT2D eigenvalue weighted by molar-refractivity contribution is 5.93. The van der Waals surface area contributed by atoms with Gasteiger partial charge in [-0.1, -0.05) is 41.6 Å². The number of hydrogen-bond acceptors (Lipinski definition) is 5. The van der Waals surface area contributed by atoms with E-state index in [1.807, 2.05) is 55.5 Å². The van der Waals surface area contributed by atoms with Crippen LogP contribution < -0.4 is 10.3 Å². The lowest BCUT2D eigenvalue weighted by Gasteiger charge is -2.11. The summed E-state index contributed by atoms with van der Waals surface area (Å²) in [4.78, 5) is 12.9. The summed E-state index contributed by atoms with van der Waals surface area (Å²) in [5, 5.41) is 9.29. The quantitative estimate of drug-likeness (QED) is 0.554. The van der Waals surface area contributed by atoms with Gasteiger partial charge in [0, 0.05) is 5.56 Å². The molecule has 0 bridgehead atoms. The van der Waals surface area contributed by atoms with E-state index in [0.29, 0.717) is 29.1 Å². The molecule has 2 aromatic heterocycles. The van der Waals surface area contributed by atoms with Crippen LogP contribution in [-0.4, -0.2) is 22.0 Å². The zero-order valence-electron chi connectivity index (χ0n) is 15.4. The summed E-state index contributed by atoms with van der Waals surface area (Å²) >= 11 is 0. The van der Waals surface area contributed by atoms with Gasteiger partial charge in [-0.25, -0.2) is 4.68 Å². The second-order valence-electron chi connectivity index (χ2n) is 6.43. The normalized spacial score (nSPS) is 11.1. The Labute approximate surface area is 156 Å². The molecule has 0 aliphatic heterocycles. The summed E-state index contributed by atoms with van der Waals surface area (Å²) < 4.78 is 12.1. The first-order valence-corrected chi connectivity index (χ1v) is 8.64. The molecule has 0 spiro atoms. The number of nitrogens with zero attached hydrogens (tertiary/aromatic N) is 3. The Bertz CT molecular complexity index is 1190. The van der Waals surface area contributed by atoms with Crippen LogP contribution in [0, 0.1) is 13.8 Å². The number of rotatable bonds is 4. The van der Waals surface area contributed by atoms with Crippen molar-refractivity contribution >= 4 is 10.9 Å². The minimum absolute atomic E-state index is 0.267. The lowest BCUT2D eigenvalue weighted by atomic mass is 10.1. The molecule has 0 aliphatic rings. The van der Waals surface area contributed by atoms with E-state index >= 15 is 0 Å². The van der Waals surface area contributed by atoms with Crippen LogP contribution in [0.1, 0.15) is 16.9 Å². The highest BCUT2D eigenvalue weighted by Crippen LogP contribution is 2.29. The Balaban J connectivity index is 1.95. The van der Waals surface area contributed by atoms with Gasteiger partial charge in [0.15, 0.2) is 5.52 Å². The second-order valence-corrected chi connectivity index (χ2v) is 6.43. The Morgan fingerprint density at radius 1 is 1.11 bits per heavy atom. The maximum atomic E-state index is 12.9. The lowest BCUT2D eigenvalue weighted by molar-refractivity contribution is 0.405. The van der Waals surface area contributed by atoms with E-state index in [2.05, 4.69) is 10.3 Å². The number of hydrogen-bond donors (Lipinski definition) is 0. The molecule has 6 heteroatoms. The number of methoxy groups -OCH3 is 1. The van der Waals surface area contributed by atoms with Crippen molar-refractivity contribution in [1.29, 1.82) is 0 Å². The largest absolute Gasteiger partial charge is 0.497 e. The average molecular weight is 361 g/mol. The van der Waals surface area contributed by atoms with Gasteiger partial charge in [0.1, 0.15) is 17.2 Å². The van der Waals surface area contributed by atoms with Gasteiger partial charge in [-0.3, -0.25) is 4.79 Å². The fourth-order valence-electron chi connectivity index (χ4n) is 3.16. The minimum Gasteiger partial charge on any atom is -0.497 e. The van der Waals surface area contributed by atoms with Crippen LogP contribution in [0.5, 0.6) is 5.75 Å². The predicted molar refractivity (Wildman–Crippen MR) is 103 cm³/mol. The van der Waals surface area contributed by atoms with Gasteiger partial charge < -0.3 is 9.26 Å². The number of aryl methyl sites for hydroxylation is 2. The first kappa shape index (κ1) is 17.0. The van der Waals surface area contributed by atoms with E-state index < -0.39 is 0 Å². The van der Waals surface area contributed by atoms with Gasteiger partial charge in [-0.05, 0) is 37.1 Å². The van der Waals surface area contributed by atoms with Crippen LogP contribution in [0.2, 0.25) is 0 Å². The summed E-state index contributed by atoms with van der Waals surface area (Å²) in [5.74, 6) is 1.28. The van der Waals surface area contributed by atoms with Gasteiger partial charge in [0.05, 0.1) is 19.0 Å². The summed E-state index contributed by atoms with van der Waals surface area (Å²) in [6.45, 7) is 4.16. The molecule has 2 heterocycles. The SMILES string of the molecule is COc1cccc(-c2nn(Cc3ccccc3C)c(=O)c3noc(C)c23)c1. The molecule has 0 fully saturated rings. The third kappa shape index (κ3) is 2.99. The van der Waals surface area contributed by atoms with Crippen molar-refractivity contribution in [2.24, 2.45) is 0 Å². The molecule has 0 aliphatic carbocycles. The van der Waals surface area contributed by atoms with Crippen molar-refractivity contribution < 1.29 is 9.26 Å². The number of ether oxygens (including phenoxy) is 1. The monoisotopic (exact) mass is 361 g/mol. The molecule has 6 nitrogen and oxygen atoms in total. The summed E-state index contributed by atoms with van der Waals surface area (Å²) in [5.41, 5.74) is 3.64. The molecule has 0 unspecified atom stereocenters. The maximum absolute atomic E-state index is 12.9. The molecule has 0 N–H and O–H groups in total. The van der Waals surface area contributed by atoms with Gasteiger partial charge in [-0.2, -0.15) is 5.10 Å². The molecule has 2 aromatic carbocycles. The van der Waals surface area contributed by atoms with Crippen LogP contribution in [0.15, 0.2) is 57.8 Å². The smallest absolute Gasteiger partial charge is 0.297 e. The topological polar surface area (TPSA) is 70.2 Å². The standard InChI is InChI=1S/C21H19N3O3/c1-13-7-4-5-8-16(13)12-24-21(25)20-18(14(2)27-23-20)19(22-24)15-9-6-10-17(11-15)26-3/h4-11H,12H2,1-3H3. The molecule has 0 saturated carbocycles. The van der Waals surface area contributed by atoms with Crippen LogP contribution >= 0.6 is 0 Å². The first-order chi connectivity index (χ1) is 13.1. The summed E-state index contributed by atoms with van der Waals surface area (Å²) in [7, 11) is 1.62. The Hall–Kier alpha value is -3.41. The maximum Gasteiger partial charge on any atom is 0.297 e. The Morgan fingerprint density at radius 2 is 1.93 bits per heavy atom. The van der Waals surface area contributed by atoms with Crippen LogP contribution in [0.4, 0.5) is 0 Å². The van der Waals surface area contributed by atoms with Crippen LogP contribution in [-0.2, 0) is 6.54 Å². The number of aromatic nitrogens is 3. The van der Waals surface area contributed by atoms with Gasteiger partial charge in [0.2, 0.25) is 0 Å². The van der Waals surface area contributed by atoms with E-state index in [0.717, 1.165) is 16.7 Å². The molecule has 0 saturated heterocycles. The summed E-state index contributed by atoms with van der Waals surface area (Å²) in [6, 6.07) is 15.5. The van der Waals surface area contributed by atoms with Crippen LogP contribution in [0.25, 0.3) is 22.2 Å². The van der Waals surface area contributed by atoms with E-state index in [1.54, 1.807) is 14.0 Å². The molecule has 0 amide bonds. The Kier molecular flexibility index (Phi) is 4.24. The average Bonchev–Trinajstić information content (AvgIpc) is 3.08. The third-order valence-corrected chi connectivity index (χ3v) is 4.68. The number of benzene rings is 2. The first-order valence-electron chi connectivity index (χ1n) is 8.64. The molecular formula is C21H19N3O3. The Morgan fingerprint density at radius 3 is 2.70 bits per heavy atom. The molecular weight excluding hydrogens is 342 g/mol. The molecule has 27 heavy (non-hydrogen) atoms. The minimum atomic E-state index is -0.267. The van der Waals surface area contributed by atoms with Crippen LogP contribution in [0.3, 0.4) is 0 Å². The van der Waals surface area contributed by atoms with Crippen molar-refractivity contribution in [1.82, 2.24) is 14.9 Å². The fraction of sp³-hybridized carbons (Fsp3) is 0.190. The number of fused-ring (bicyclic) bond motifs is 1. The molecule has 0 radical (unpaired) electrons. The lowest BCUT2D eigenvalue weighted by Crippen LogP contribution is -2.24. The van der Waals surface area contributed by atoms with E-state index in [1.165, 1.54) is 4.68 Å². The van der Waals surface area contributed by atoms with Gasteiger partial charge >= 0.3 is 0 Å². The zero-order chi connectivity index (χ0) is 19.0. The molecule has 4 rings (SSSR count). The molecule has 0 atom stereocenters. The van der Waals surface area contributed by atoms with Crippen molar-refractivity contribution in [3.63, 3.8) is 0 Å². The summed E-state index contributed by atoms with van der Waals surface area (Å²) in [6.07, 6.45) is 0. The van der Waals surface area contributed by atoms with E-state index in [9.17, 15) is 4.79 Å². The highest BCUT2D eigenvalue weighted by atomic mass is 16.5. The van der Waals surface area contributed by atoms with E-state index in [-0.39, 0.29) is 11.1 Å². The van der Waals surface area contributed by atoms with Gasteiger partial charge in [-0.15, -0.1) is 0 Å². The van der Waals surface area contributed by atoms with Crippen molar-refractivity contribution in [2.75, 3.05) is 7.11 Å². The van der Waals surface area contributed by atoms with Gasteiger partial charge in [0.25, 0.3) is 5.56 Å². The third-order valence-electron chi connectivity index (χ3n) is 4.68. The predicted octanol–water partition coefficient (Wildman–Crippen LogP) is 3.73. The fourth-order valence-corrected chi connectivity index (χ4v) is 3.16.